The fourth-order valence-corrected chi connectivity index (χ4v) is 0.287. The number of carbonyl (C=O) groups is 2. The highest BCUT2D eigenvalue weighted by Gasteiger charge is 2.15. The van der Waals surface area contributed by atoms with E-state index >= 15 is 0 Å². The van der Waals surface area contributed by atoms with Crippen LogP contribution in [0.2, 0.25) is 0 Å². The van der Waals surface area contributed by atoms with Crippen molar-refractivity contribution in [2.45, 2.75) is 4.84 Å². The Balaban J connectivity index is 3.69. The van der Waals surface area contributed by atoms with Crippen LogP contribution in [0.5, 0.6) is 0 Å². The molecule has 0 saturated heterocycles. The van der Waals surface area contributed by atoms with E-state index in [1.54, 1.807) is 0 Å². The first-order chi connectivity index (χ1) is 4.57. The quantitative estimate of drug-likeness (QED) is 0.369. The average Bonchev–Trinajstić information content (AvgIpc) is 1.87. The zero-order chi connectivity index (χ0) is 8.15. The van der Waals surface area contributed by atoms with Crippen LogP contribution >= 0.6 is 23.2 Å². The van der Waals surface area contributed by atoms with Crippen LogP contribution in [0.25, 0.3) is 0 Å². The van der Waals surface area contributed by atoms with E-state index in [2.05, 4.69) is 4.74 Å². The summed E-state index contributed by atoms with van der Waals surface area (Å²) in [5, 5.41) is 0. The van der Waals surface area contributed by atoms with Gasteiger partial charge in [-0.2, -0.15) is 0 Å². The van der Waals surface area contributed by atoms with E-state index < -0.39 is 16.8 Å². The van der Waals surface area contributed by atoms with Crippen molar-refractivity contribution >= 4 is 35.1 Å². The van der Waals surface area contributed by atoms with Crippen molar-refractivity contribution in [1.29, 1.82) is 0 Å². The first kappa shape index (κ1) is 9.68. The van der Waals surface area contributed by atoms with E-state index in [1.165, 1.54) is 0 Å². The zero-order valence-corrected chi connectivity index (χ0v) is 6.35. The molecule has 0 fully saturated rings. The minimum atomic E-state index is -1.34. The summed E-state index contributed by atoms with van der Waals surface area (Å²) in [6, 6.07) is 0. The fourth-order valence-electron chi connectivity index (χ4n) is 0.198. The fraction of sp³-hybridized carbons (Fsp3) is 0.500. The smallest absolute Gasteiger partial charge is 0.347 e. The predicted octanol–water partition coefficient (Wildman–Crippen LogP) is -0.181. The van der Waals surface area contributed by atoms with Gasteiger partial charge in [0, 0.05) is 0 Å². The van der Waals surface area contributed by atoms with Crippen molar-refractivity contribution in [3.63, 3.8) is 0 Å². The number of ether oxygens (including phenoxy) is 1. The molecule has 0 amide bonds. The molecule has 0 aromatic rings. The normalized spacial score (nSPS) is 9.60. The summed E-state index contributed by atoms with van der Waals surface area (Å²) in [6.07, 6.45) is 0. The lowest BCUT2D eigenvalue weighted by molar-refractivity contribution is -0.157. The third-order valence-corrected chi connectivity index (χ3v) is 0.916. The van der Waals surface area contributed by atoms with Crippen molar-refractivity contribution in [3.05, 3.63) is 0 Å². The Hall–Kier alpha value is -0.320. The molecule has 0 heterocycles. The van der Waals surface area contributed by atoms with Crippen LogP contribution in [0.3, 0.4) is 0 Å². The van der Waals surface area contributed by atoms with Crippen LogP contribution in [0.1, 0.15) is 0 Å². The molecule has 0 aromatic heterocycles. The number of halogens is 2. The molecule has 0 aliphatic carbocycles. The predicted molar refractivity (Wildman–Crippen MR) is 35.6 cm³/mol. The van der Waals surface area contributed by atoms with Crippen molar-refractivity contribution < 1.29 is 14.3 Å². The lowest BCUT2D eigenvalue weighted by atomic mass is 10.7. The molecule has 0 unspecified atom stereocenters. The highest BCUT2D eigenvalue weighted by atomic mass is 35.5. The van der Waals surface area contributed by atoms with Gasteiger partial charge < -0.3 is 10.5 Å². The second-order valence-corrected chi connectivity index (χ2v) is 2.39. The van der Waals surface area contributed by atoms with E-state index in [4.69, 9.17) is 28.9 Å². The first-order valence-electron chi connectivity index (χ1n) is 2.30. The Morgan fingerprint density at radius 1 is 1.50 bits per heavy atom. The van der Waals surface area contributed by atoms with E-state index in [0.717, 1.165) is 0 Å². The van der Waals surface area contributed by atoms with Crippen LogP contribution in [-0.2, 0) is 14.3 Å². The van der Waals surface area contributed by atoms with Crippen LogP contribution in [0.15, 0.2) is 0 Å². The molecule has 6 heteroatoms. The molecule has 0 radical (unpaired) electrons. The van der Waals surface area contributed by atoms with Gasteiger partial charge in [0.2, 0.25) is 4.84 Å². The van der Waals surface area contributed by atoms with Gasteiger partial charge in [-0.05, 0) is 0 Å². The highest BCUT2D eigenvalue weighted by molar-refractivity contribution is 6.53. The Bertz CT molecular complexity index is 147. The SMILES string of the molecule is NCC(=O)OC(=O)C(Cl)Cl. The van der Waals surface area contributed by atoms with Crippen LogP contribution < -0.4 is 5.73 Å². The number of rotatable bonds is 2. The Morgan fingerprint density at radius 2 is 2.00 bits per heavy atom. The van der Waals surface area contributed by atoms with Crippen molar-refractivity contribution in [3.8, 4) is 0 Å². The van der Waals surface area contributed by atoms with E-state index in [0.29, 0.717) is 0 Å². The number of carbonyl (C=O) groups excluding carboxylic acids is 2. The minimum absolute atomic E-state index is 0.369. The molecular weight excluding hydrogens is 181 g/mol. The molecule has 0 bridgehead atoms. The van der Waals surface area contributed by atoms with E-state index in [-0.39, 0.29) is 6.54 Å². The Kier molecular flexibility index (Phi) is 4.34. The van der Waals surface area contributed by atoms with E-state index in [9.17, 15) is 9.59 Å². The van der Waals surface area contributed by atoms with Gasteiger partial charge in [-0.1, -0.05) is 23.2 Å². The van der Waals surface area contributed by atoms with Gasteiger partial charge in [0.25, 0.3) is 0 Å². The van der Waals surface area contributed by atoms with Gasteiger partial charge in [0.15, 0.2) is 0 Å². The Labute approximate surface area is 67.2 Å². The molecular formula is C4H5Cl2NO3. The summed E-state index contributed by atoms with van der Waals surface area (Å²) in [6.45, 7) is -0.369. The van der Waals surface area contributed by atoms with Crippen LogP contribution in [-0.4, -0.2) is 23.3 Å². The second-order valence-electron chi connectivity index (χ2n) is 1.30. The molecule has 0 aliphatic heterocycles. The molecule has 0 aliphatic rings. The first-order valence-corrected chi connectivity index (χ1v) is 3.18. The van der Waals surface area contributed by atoms with Gasteiger partial charge in [-0.25, -0.2) is 4.79 Å². The molecule has 0 aromatic carbocycles. The number of hydrogen-bond donors (Lipinski definition) is 1. The lowest BCUT2D eigenvalue weighted by Gasteiger charge is -1.99. The maximum Gasteiger partial charge on any atom is 0.347 e. The monoisotopic (exact) mass is 185 g/mol. The second kappa shape index (κ2) is 4.49. The minimum Gasteiger partial charge on any atom is -0.390 e. The average molecular weight is 186 g/mol. The van der Waals surface area contributed by atoms with Gasteiger partial charge in [-0.3, -0.25) is 4.79 Å². The molecule has 0 saturated carbocycles. The third kappa shape index (κ3) is 3.66. The third-order valence-electron chi connectivity index (χ3n) is 0.559. The highest BCUT2D eigenvalue weighted by Crippen LogP contribution is 2.03. The largest absolute Gasteiger partial charge is 0.390 e. The van der Waals surface area contributed by atoms with Gasteiger partial charge in [-0.15, -0.1) is 0 Å². The standard InChI is InChI=1S/C4H5Cl2NO3/c5-3(6)4(9)10-2(8)1-7/h3H,1,7H2. The number of alkyl halides is 2. The lowest BCUT2D eigenvalue weighted by Crippen LogP contribution is -2.23. The summed E-state index contributed by atoms with van der Waals surface area (Å²) in [5.74, 6) is -1.85. The molecule has 2 N–H and O–H groups in total. The zero-order valence-electron chi connectivity index (χ0n) is 4.84. The molecule has 0 rings (SSSR count). The number of nitrogens with two attached hydrogens (primary N) is 1. The van der Waals surface area contributed by atoms with Gasteiger partial charge in [0.1, 0.15) is 0 Å². The summed E-state index contributed by atoms with van der Waals surface area (Å²) < 4.78 is 3.99. The molecule has 10 heavy (non-hydrogen) atoms. The Morgan fingerprint density at radius 3 is 2.30 bits per heavy atom. The summed E-state index contributed by atoms with van der Waals surface area (Å²) in [5.41, 5.74) is 4.81. The molecule has 0 spiro atoms. The summed E-state index contributed by atoms with van der Waals surface area (Å²) in [7, 11) is 0. The van der Waals surface area contributed by atoms with Crippen molar-refractivity contribution in [2.75, 3.05) is 6.54 Å². The molecule has 0 atom stereocenters. The maximum absolute atomic E-state index is 10.3. The summed E-state index contributed by atoms with van der Waals surface area (Å²) >= 11 is 10.1. The number of hydrogen-bond acceptors (Lipinski definition) is 4. The summed E-state index contributed by atoms with van der Waals surface area (Å²) in [4.78, 5) is 19.3. The van der Waals surface area contributed by atoms with E-state index in [1.807, 2.05) is 0 Å². The van der Waals surface area contributed by atoms with Crippen molar-refractivity contribution in [2.24, 2.45) is 5.73 Å². The topological polar surface area (TPSA) is 69.4 Å². The molecule has 58 valence electrons. The van der Waals surface area contributed by atoms with Crippen LogP contribution in [0, 0.1) is 0 Å². The van der Waals surface area contributed by atoms with Gasteiger partial charge >= 0.3 is 11.9 Å². The molecule has 4 nitrogen and oxygen atoms in total. The van der Waals surface area contributed by atoms with Crippen molar-refractivity contribution in [1.82, 2.24) is 0 Å². The maximum atomic E-state index is 10.3. The van der Waals surface area contributed by atoms with Gasteiger partial charge in [0.05, 0.1) is 6.54 Å². The van der Waals surface area contributed by atoms with Crippen LogP contribution in [0.4, 0.5) is 0 Å². The number of esters is 2.